The second kappa shape index (κ2) is 4.14. The van der Waals surface area contributed by atoms with Crippen LogP contribution in [0.1, 0.15) is 12.0 Å². The van der Waals surface area contributed by atoms with Crippen molar-refractivity contribution in [3.05, 3.63) is 31.4 Å². The lowest BCUT2D eigenvalue weighted by atomic mass is 10.3. The first-order valence-electron chi connectivity index (χ1n) is 3.22. The minimum Gasteiger partial charge on any atom is -0.358 e. The largest absolute Gasteiger partial charge is 0.366 e. The van der Waals surface area contributed by atoms with E-state index < -0.39 is 27.9 Å². The maximum atomic E-state index is 12.3. The highest BCUT2D eigenvalue weighted by Crippen LogP contribution is 2.34. The van der Waals surface area contributed by atoms with Gasteiger partial charge in [0.1, 0.15) is 0 Å². The third kappa shape index (κ3) is 2.16. The standard InChI is InChI=1S/C6H2BrClF2N2O2/c7-2-1-3(12(13)14)11-5(8)4(2)6(9)10/h1,6H. The van der Waals surface area contributed by atoms with Gasteiger partial charge in [0.2, 0.25) is 0 Å². The quantitative estimate of drug-likeness (QED) is 0.476. The van der Waals surface area contributed by atoms with Crippen LogP contribution in [0.5, 0.6) is 0 Å². The van der Waals surface area contributed by atoms with Gasteiger partial charge in [-0.05, 0) is 37.4 Å². The first-order valence-corrected chi connectivity index (χ1v) is 4.39. The van der Waals surface area contributed by atoms with E-state index in [9.17, 15) is 18.9 Å². The smallest absolute Gasteiger partial charge is 0.358 e. The molecule has 0 atom stereocenters. The van der Waals surface area contributed by atoms with Crippen LogP contribution < -0.4 is 0 Å². The number of aromatic nitrogens is 1. The van der Waals surface area contributed by atoms with E-state index in [0.29, 0.717) is 0 Å². The molecule has 4 nitrogen and oxygen atoms in total. The molecule has 1 aromatic heterocycles. The molecule has 0 N–H and O–H groups in total. The summed E-state index contributed by atoms with van der Waals surface area (Å²) in [7, 11) is 0. The topological polar surface area (TPSA) is 56.0 Å². The first kappa shape index (κ1) is 11.3. The predicted molar refractivity (Wildman–Crippen MR) is 48.6 cm³/mol. The van der Waals surface area contributed by atoms with Gasteiger partial charge in [0.05, 0.1) is 11.6 Å². The fourth-order valence-electron chi connectivity index (χ4n) is 0.771. The molecule has 0 amide bonds. The molecule has 0 bridgehead atoms. The lowest BCUT2D eigenvalue weighted by Crippen LogP contribution is -1.97. The van der Waals surface area contributed by atoms with E-state index in [-0.39, 0.29) is 4.47 Å². The van der Waals surface area contributed by atoms with E-state index in [1.807, 2.05) is 0 Å². The Hall–Kier alpha value is -0.820. The Balaban J connectivity index is 3.32. The zero-order valence-electron chi connectivity index (χ0n) is 6.38. The number of hydrogen-bond donors (Lipinski definition) is 0. The van der Waals surface area contributed by atoms with E-state index in [1.54, 1.807) is 0 Å². The van der Waals surface area contributed by atoms with Gasteiger partial charge < -0.3 is 10.1 Å². The van der Waals surface area contributed by atoms with E-state index in [1.165, 1.54) is 0 Å². The highest BCUT2D eigenvalue weighted by molar-refractivity contribution is 9.10. The van der Waals surface area contributed by atoms with Gasteiger partial charge in [-0.25, -0.2) is 8.78 Å². The predicted octanol–water partition coefficient (Wildman–Crippen LogP) is 3.34. The Bertz CT molecular complexity index is 365. The number of nitrogens with zero attached hydrogens (tertiary/aromatic N) is 2. The molecular formula is C6H2BrClF2N2O2. The number of halogens is 4. The maximum Gasteiger partial charge on any atom is 0.366 e. The Morgan fingerprint density at radius 2 is 2.21 bits per heavy atom. The van der Waals surface area contributed by atoms with E-state index in [4.69, 9.17) is 11.6 Å². The number of hydrogen-bond acceptors (Lipinski definition) is 3. The van der Waals surface area contributed by atoms with Crippen molar-refractivity contribution in [2.45, 2.75) is 6.43 Å². The summed E-state index contributed by atoms with van der Waals surface area (Å²) in [5.74, 6) is -0.578. The van der Waals surface area contributed by atoms with Gasteiger partial charge in [-0.2, -0.15) is 0 Å². The molecule has 0 aliphatic rings. The lowest BCUT2D eigenvalue weighted by molar-refractivity contribution is -0.389. The van der Waals surface area contributed by atoms with Crippen LogP contribution in [0.3, 0.4) is 0 Å². The molecule has 8 heteroatoms. The van der Waals surface area contributed by atoms with Crippen molar-refractivity contribution in [3.8, 4) is 0 Å². The van der Waals surface area contributed by atoms with Crippen LogP contribution in [0.2, 0.25) is 5.15 Å². The van der Waals surface area contributed by atoms with E-state index in [2.05, 4.69) is 20.9 Å². The fourth-order valence-corrected chi connectivity index (χ4v) is 1.72. The van der Waals surface area contributed by atoms with Gasteiger partial charge in [-0.15, -0.1) is 0 Å². The molecule has 0 aromatic carbocycles. The molecule has 0 unspecified atom stereocenters. The van der Waals surface area contributed by atoms with Crippen molar-refractivity contribution < 1.29 is 13.7 Å². The summed E-state index contributed by atoms with van der Waals surface area (Å²) in [4.78, 5) is 12.7. The molecule has 1 rings (SSSR count). The lowest BCUT2D eigenvalue weighted by Gasteiger charge is -2.02. The molecule has 0 aliphatic heterocycles. The Morgan fingerprint density at radius 1 is 1.64 bits per heavy atom. The Morgan fingerprint density at radius 3 is 2.57 bits per heavy atom. The highest BCUT2D eigenvalue weighted by atomic mass is 79.9. The summed E-state index contributed by atoms with van der Waals surface area (Å²) in [6.45, 7) is 0. The van der Waals surface area contributed by atoms with Gasteiger partial charge in [-0.3, -0.25) is 0 Å². The molecule has 0 spiro atoms. The molecule has 1 aromatic rings. The normalized spacial score (nSPS) is 10.6. The van der Waals surface area contributed by atoms with Gasteiger partial charge >= 0.3 is 5.82 Å². The number of alkyl halides is 2. The van der Waals surface area contributed by atoms with Crippen LogP contribution in [0.4, 0.5) is 14.6 Å². The molecular weight excluding hydrogens is 285 g/mol. The summed E-state index contributed by atoms with van der Waals surface area (Å²) < 4.78 is 24.5. The summed E-state index contributed by atoms with van der Waals surface area (Å²) in [5, 5.41) is 9.69. The molecule has 0 radical (unpaired) electrons. The summed E-state index contributed by atoms with van der Waals surface area (Å²) in [6.07, 6.45) is -2.83. The minimum absolute atomic E-state index is 0.126. The number of pyridine rings is 1. The molecule has 76 valence electrons. The third-order valence-corrected chi connectivity index (χ3v) is 2.30. The monoisotopic (exact) mass is 286 g/mol. The molecule has 0 fully saturated rings. The number of rotatable bonds is 2. The Labute approximate surface area is 90.2 Å². The molecule has 1 heterocycles. The summed E-state index contributed by atoms with van der Waals surface area (Å²) in [5.41, 5.74) is -0.544. The molecule has 0 aliphatic carbocycles. The van der Waals surface area contributed by atoms with Crippen LogP contribution >= 0.6 is 27.5 Å². The first-order chi connectivity index (χ1) is 6.43. The van der Waals surface area contributed by atoms with E-state index in [0.717, 1.165) is 6.07 Å². The van der Waals surface area contributed by atoms with Crippen LogP contribution in [0.15, 0.2) is 10.5 Å². The average molecular weight is 287 g/mol. The number of nitro groups is 1. The minimum atomic E-state index is -2.83. The average Bonchev–Trinajstić information content (AvgIpc) is 2.01. The molecule has 14 heavy (non-hydrogen) atoms. The van der Waals surface area contributed by atoms with E-state index >= 15 is 0 Å². The molecule has 0 saturated carbocycles. The maximum absolute atomic E-state index is 12.3. The van der Waals surface area contributed by atoms with Gasteiger partial charge in [-0.1, -0.05) is 0 Å². The van der Waals surface area contributed by atoms with Gasteiger partial charge in [0, 0.05) is 4.47 Å². The Kier molecular flexibility index (Phi) is 3.33. The summed E-state index contributed by atoms with van der Waals surface area (Å²) >= 11 is 8.11. The zero-order chi connectivity index (χ0) is 10.9. The second-order valence-corrected chi connectivity index (χ2v) is 3.44. The third-order valence-electron chi connectivity index (χ3n) is 1.35. The second-order valence-electron chi connectivity index (χ2n) is 2.22. The SMILES string of the molecule is O=[N+]([O-])c1cc(Br)c(C(F)F)c(Cl)n1. The van der Waals surface area contributed by atoms with Gasteiger partial charge in [0.25, 0.3) is 11.6 Å². The molecule has 0 saturated heterocycles. The van der Waals surface area contributed by atoms with Crippen LogP contribution in [0.25, 0.3) is 0 Å². The van der Waals surface area contributed by atoms with Crippen molar-refractivity contribution >= 4 is 33.3 Å². The fraction of sp³-hybridized carbons (Fsp3) is 0.167. The van der Waals surface area contributed by atoms with Crippen molar-refractivity contribution in [3.63, 3.8) is 0 Å². The van der Waals surface area contributed by atoms with Crippen LogP contribution in [-0.4, -0.2) is 9.91 Å². The van der Waals surface area contributed by atoms with Crippen molar-refractivity contribution in [1.82, 2.24) is 4.98 Å². The van der Waals surface area contributed by atoms with Crippen LogP contribution in [0, 0.1) is 10.1 Å². The zero-order valence-corrected chi connectivity index (χ0v) is 8.72. The highest BCUT2D eigenvalue weighted by Gasteiger charge is 2.24. The van der Waals surface area contributed by atoms with Gasteiger partial charge in [0.15, 0.2) is 0 Å². The van der Waals surface area contributed by atoms with Crippen molar-refractivity contribution in [2.24, 2.45) is 0 Å². The van der Waals surface area contributed by atoms with Crippen LogP contribution in [-0.2, 0) is 0 Å². The summed E-state index contributed by atoms with van der Waals surface area (Å²) in [6, 6.07) is 0.882. The van der Waals surface area contributed by atoms with Crippen molar-refractivity contribution in [2.75, 3.05) is 0 Å². The van der Waals surface area contributed by atoms with Crippen molar-refractivity contribution in [1.29, 1.82) is 0 Å².